The molecule has 0 spiro atoms. The van der Waals surface area contributed by atoms with Gasteiger partial charge in [-0.05, 0) is 0 Å². The Bertz CT molecular complexity index is 495. The van der Waals surface area contributed by atoms with E-state index in [0.717, 1.165) is 0 Å². The lowest BCUT2D eigenvalue weighted by Crippen LogP contribution is -2.54. The number of aromatic nitrogens is 3. The van der Waals surface area contributed by atoms with Crippen LogP contribution in [-0.2, 0) is 16.1 Å². The number of carbonyl (C=O) groups is 1. The van der Waals surface area contributed by atoms with E-state index >= 15 is 0 Å². The van der Waals surface area contributed by atoms with E-state index < -0.39 is 19.0 Å². The fourth-order valence-electron chi connectivity index (χ4n) is 2.21. The summed E-state index contributed by atoms with van der Waals surface area (Å²) < 4.78 is 30.3. The molecule has 1 aromatic rings. The van der Waals surface area contributed by atoms with Crippen LogP contribution in [0.1, 0.15) is 31.4 Å². The van der Waals surface area contributed by atoms with Crippen LogP contribution in [0, 0.1) is 0 Å². The number of rotatable bonds is 6. The second kappa shape index (κ2) is 7.59. The van der Waals surface area contributed by atoms with Crippen LogP contribution in [0.15, 0.2) is 0 Å². The molecule has 0 aromatic carbocycles. The van der Waals surface area contributed by atoms with E-state index in [4.69, 9.17) is 4.74 Å². The van der Waals surface area contributed by atoms with Crippen LogP contribution in [0.4, 0.5) is 8.78 Å². The number of morpholine rings is 1. The third kappa shape index (κ3) is 4.44. The number of ether oxygens (including phenoxy) is 1. The van der Waals surface area contributed by atoms with Gasteiger partial charge in [0.05, 0.1) is 26.3 Å². The van der Waals surface area contributed by atoms with Crippen LogP contribution >= 0.6 is 0 Å². The molecule has 1 atom stereocenters. The predicted octanol–water partition coefficient (Wildman–Crippen LogP) is 0.510. The summed E-state index contributed by atoms with van der Waals surface area (Å²) in [5.74, 6) is 1.05. The molecule has 1 unspecified atom stereocenters. The summed E-state index contributed by atoms with van der Waals surface area (Å²) in [5.41, 5.74) is 0. The lowest BCUT2D eigenvalue weighted by atomic mass is 10.2. The van der Waals surface area contributed by atoms with Crippen molar-refractivity contribution >= 4 is 5.91 Å². The zero-order chi connectivity index (χ0) is 16.1. The molecule has 1 amide bonds. The van der Waals surface area contributed by atoms with Crippen LogP contribution in [-0.4, -0.2) is 64.8 Å². The normalized spacial score (nSPS) is 19.8. The quantitative estimate of drug-likeness (QED) is 0.799. The van der Waals surface area contributed by atoms with Crippen molar-refractivity contribution in [1.82, 2.24) is 25.4 Å². The monoisotopic (exact) mass is 317 g/mol. The van der Waals surface area contributed by atoms with Gasteiger partial charge in [0.25, 0.3) is 6.43 Å². The highest BCUT2D eigenvalue weighted by atomic mass is 19.3. The van der Waals surface area contributed by atoms with Gasteiger partial charge in [0.15, 0.2) is 5.82 Å². The average Bonchev–Trinajstić information content (AvgIpc) is 2.94. The van der Waals surface area contributed by atoms with Gasteiger partial charge in [0, 0.05) is 12.5 Å². The largest absolute Gasteiger partial charge is 0.378 e. The molecule has 1 aliphatic heterocycles. The van der Waals surface area contributed by atoms with Crippen molar-refractivity contribution in [3.63, 3.8) is 0 Å². The number of hydrogen-bond acceptors (Lipinski definition) is 5. The van der Waals surface area contributed by atoms with Crippen LogP contribution in [0.2, 0.25) is 0 Å². The average molecular weight is 317 g/mol. The maximum atomic E-state index is 12.5. The van der Waals surface area contributed by atoms with Crippen molar-refractivity contribution in [3.8, 4) is 0 Å². The molecule has 2 N–H and O–H groups in total. The highest BCUT2D eigenvalue weighted by Gasteiger charge is 2.31. The molecule has 0 saturated carbocycles. The number of nitrogens with zero attached hydrogens (tertiary/aromatic N) is 3. The predicted molar refractivity (Wildman–Crippen MR) is 74.5 cm³/mol. The molecule has 2 rings (SSSR count). The Morgan fingerprint density at radius 1 is 1.55 bits per heavy atom. The first-order valence-corrected chi connectivity index (χ1v) is 7.26. The third-order valence-corrected chi connectivity index (χ3v) is 3.41. The summed E-state index contributed by atoms with van der Waals surface area (Å²) in [6.07, 6.45) is -2.48. The third-order valence-electron chi connectivity index (χ3n) is 3.41. The van der Waals surface area contributed by atoms with E-state index in [1.165, 1.54) is 4.90 Å². The van der Waals surface area contributed by atoms with Gasteiger partial charge in [-0.1, -0.05) is 13.8 Å². The Morgan fingerprint density at radius 3 is 2.95 bits per heavy atom. The highest BCUT2D eigenvalue weighted by molar-refractivity contribution is 5.81. The molecule has 0 bridgehead atoms. The van der Waals surface area contributed by atoms with E-state index in [2.05, 4.69) is 20.5 Å². The van der Waals surface area contributed by atoms with Gasteiger partial charge < -0.3 is 10.1 Å². The van der Waals surface area contributed by atoms with E-state index in [9.17, 15) is 13.6 Å². The molecule has 7 nitrogen and oxygen atoms in total. The number of alkyl halides is 2. The molecule has 0 aliphatic carbocycles. The van der Waals surface area contributed by atoms with Crippen molar-refractivity contribution in [2.24, 2.45) is 0 Å². The van der Waals surface area contributed by atoms with Gasteiger partial charge in [-0.2, -0.15) is 5.10 Å². The second-order valence-corrected chi connectivity index (χ2v) is 5.49. The summed E-state index contributed by atoms with van der Waals surface area (Å²) in [6.45, 7) is 4.48. The minimum Gasteiger partial charge on any atom is -0.378 e. The number of halogens is 2. The van der Waals surface area contributed by atoms with Gasteiger partial charge in [-0.3, -0.25) is 14.8 Å². The number of nitrogens with one attached hydrogen (secondary N) is 2. The SMILES string of the molecule is CC(C)c1n[nH]c(CNC(=O)C2COCCN2CC(F)F)n1. The molecule has 9 heteroatoms. The smallest absolute Gasteiger partial charge is 0.251 e. The first-order valence-electron chi connectivity index (χ1n) is 7.26. The molecule has 1 fully saturated rings. The van der Waals surface area contributed by atoms with Crippen molar-refractivity contribution in [1.29, 1.82) is 0 Å². The summed E-state index contributed by atoms with van der Waals surface area (Å²) in [6, 6.07) is -0.699. The minimum atomic E-state index is -2.48. The maximum Gasteiger partial charge on any atom is 0.251 e. The van der Waals surface area contributed by atoms with Gasteiger partial charge in [0.2, 0.25) is 5.91 Å². The van der Waals surface area contributed by atoms with Crippen molar-refractivity contribution in [2.75, 3.05) is 26.3 Å². The van der Waals surface area contributed by atoms with E-state index in [-0.39, 0.29) is 25.0 Å². The van der Waals surface area contributed by atoms with Crippen LogP contribution < -0.4 is 5.32 Å². The summed E-state index contributed by atoms with van der Waals surface area (Å²) in [5, 5.41) is 9.47. The Balaban J connectivity index is 1.89. The number of carbonyl (C=O) groups excluding carboxylic acids is 1. The van der Waals surface area contributed by atoms with Crippen molar-refractivity contribution in [2.45, 2.75) is 38.8 Å². The molecule has 2 heterocycles. The van der Waals surface area contributed by atoms with Crippen LogP contribution in [0.25, 0.3) is 0 Å². The number of aromatic amines is 1. The Morgan fingerprint density at radius 2 is 2.32 bits per heavy atom. The molecule has 1 saturated heterocycles. The van der Waals surface area contributed by atoms with Gasteiger partial charge in [-0.25, -0.2) is 13.8 Å². The van der Waals surface area contributed by atoms with Gasteiger partial charge >= 0.3 is 0 Å². The lowest BCUT2D eigenvalue weighted by molar-refractivity contribution is -0.134. The lowest BCUT2D eigenvalue weighted by Gasteiger charge is -2.34. The van der Waals surface area contributed by atoms with Crippen LogP contribution in [0.5, 0.6) is 0 Å². The first-order chi connectivity index (χ1) is 10.5. The maximum absolute atomic E-state index is 12.5. The van der Waals surface area contributed by atoms with E-state index in [1.54, 1.807) is 0 Å². The summed E-state index contributed by atoms with van der Waals surface area (Å²) >= 11 is 0. The second-order valence-electron chi connectivity index (χ2n) is 5.49. The van der Waals surface area contributed by atoms with Crippen molar-refractivity contribution < 1.29 is 18.3 Å². The number of hydrogen-bond donors (Lipinski definition) is 2. The standard InChI is InChI=1S/C13H21F2N5O2/c1-8(2)12-17-11(18-19-12)5-16-13(21)9-7-22-4-3-20(9)6-10(14)15/h8-10H,3-7H2,1-2H3,(H,16,21)(H,17,18,19). The van der Waals surface area contributed by atoms with Gasteiger partial charge in [-0.15, -0.1) is 0 Å². The molecular weight excluding hydrogens is 296 g/mol. The number of amides is 1. The van der Waals surface area contributed by atoms with Crippen LogP contribution in [0.3, 0.4) is 0 Å². The zero-order valence-electron chi connectivity index (χ0n) is 12.7. The molecule has 1 aromatic heterocycles. The van der Waals surface area contributed by atoms with E-state index in [0.29, 0.717) is 24.8 Å². The summed E-state index contributed by atoms with van der Waals surface area (Å²) in [4.78, 5) is 17.9. The molecule has 22 heavy (non-hydrogen) atoms. The molecule has 0 radical (unpaired) electrons. The van der Waals surface area contributed by atoms with E-state index in [1.807, 2.05) is 13.8 Å². The Hall–Kier alpha value is -1.61. The van der Waals surface area contributed by atoms with Gasteiger partial charge in [0.1, 0.15) is 11.9 Å². The fraction of sp³-hybridized carbons (Fsp3) is 0.769. The first kappa shape index (κ1) is 16.8. The zero-order valence-corrected chi connectivity index (χ0v) is 12.7. The minimum absolute atomic E-state index is 0.117. The fourth-order valence-corrected chi connectivity index (χ4v) is 2.21. The Labute approximate surface area is 127 Å². The number of H-pyrrole nitrogens is 1. The molecule has 1 aliphatic rings. The topological polar surface area (TPSA) is 83.1 Å². The molecular formula is C13H21F2N5O2. The Kier molecular flexibility index (Phi) is 5.78. The van der Waals surface area contributed by atoms with Crippen molar-refractivity contribution in [3.05, 3.63) is 11.6 Å². The summed E-state index contributed by atoms with van der Waals surface area (Å²) in [7, 11) is 0. The molecule has 124 valence electrons. The highest BCUT2D eigenvalue weighted by Crippen LogP contribution is 2.11.